The zero-order chi connectivity index (χ0) is 17.7. The molecule has 2 aromatic rings. The van der Waals surface area contributed by atoms with Gasteiger partial charge in [-0.3, -0.25) is 9.78 Å². The molecular formula is C18H20FN3O2S. The van der Waals surface area contributed by atoms with Gasteiger partial charge in [0.25, 0.3) is 5.56 Å². The molecule has 132 valence electrons. The van der Waals surface area contributed by atoms with Crippen LogP contribution in [0, 0.1) is 5.92 Å². The van der Waals surface area contributed by atoms with Gasteiger partial charge in [0, 0.05) is 28.0 Å². The van der Waals surface area contributed by atoms with Crippen molar-refractivity contribution < 1.29 is 4.39 Å². The summed E-state index contributed by atoms with van der Waals surface area (Å²) in [7, 11) is 0. The van der Waals surface area contributed by atoms with Gasteiger partial charge >= 0.3 is 5.69 Å². The SMILES string of the molecule is CC1c2[nH]c(=O)[nH]c(=O)c2C(C2CC2)=C(F)C1c1csc(CCN)c1. The van der Waals surface area contributed by atoms with Crippen LogP contribution in [0.15, 0.2) is 26.9 Å². The van der Waals surface area contributed by atoms with Crippen LogP contribution in [0.4, 0.5) is 4.39 Å². The van der Waals surface area contributed by atoms with Crippen LogP contribution < -0.4 is 17.0 Å². The fraction of sp³-hybridized carbons (Fsp3) is 0.444. The Morgan fingerprint density at radius 1 is 1.32 bits per heavy atom. The number of halogens is 1. The molecule has 7 heteroatoms. The lowest BCUT2D eigenvalue weighted by Gasteiger charge is -2.30. The minimum absolute atomic E-state index is 0.0721. The molecule has 0 bridgehead atoms. The predicted molar refractivity (Wildman–Crippen MR) is 96.7 cm³/mol. The van der Waals surface area contributed by atoms with E-state index >= 15 is 4.39 Å². The number of aromatic nitrogens is 2. The smallest absolute Gasteiger partial charge is 0.325 e. The van der Waals surface area contributed by atoms with Gasteiger partial charge in [-0.1, -0.05) is 6.92 Å². The van der Waals surface area contributed by atoms with Crippen LogP contribution >= 0.6 is 11.3 Å². The Kier molecular flexibility index (Phi) is 4.00. The summed E-state index contributed by atoms with van der Waals surface area (Å²) in [4.78, 5) is 30.3. The molecule has 0 radical (unpaired) electrons. The van der Waals surface area contributed by atoms with E-state index in [1.54, 1.807) is 11.3 Å². The minimum Gasteiger partial charge on any atom is -0.330 e. The number of H-pyrrole nitrogens is 2. The Morgan fingerprint density at radius 2 is 2.08 bits per heavy atom. The maximum atomic E-state index is 15.5. The standard InChI is InChI=1S/C18H20FN3O2S/c1-8-12(10-6-11(4-5-20)25-7-10)15(19)13(9-2-3-9)14-16(8)21-18(24)22-17(14)23/h6-9,12H,2-5,20H2,1H3,(H2,21,22,23,24). The number of fused-ring (bicyclic) bond motifs is 1. The highest BCUT2D eigenvalue weighted by molar-refractivity contribution is 7.10. The third-order valence-electron chi connectivity index (χ3n) is 5.14. The summed E-state index contributed by atoms with van der Waals surface area (Å²) in [6.07, 6.45) is 2.52. The van der Waals surface area contributed by atoms with Gasteiger partial charge in [-0.2, -0.15) is 0 Å². The molecular weight excluding hydrogens is 341 g/mol. The highest BCUT2D eigenvalue weighted by Gasteiger charge is 2.42. The highest BCUT2D eigenvalue weighted by atomic mass is 32.1. The maximum absolute atomic E-state index is 15.5. The van der Waals surface area contributed by atoms with Crippen LogP contribution in [-0.2, 0) is 6.42 Å². The molecule has 1 fully saturated rings. The number of nitrogens with two attached hydrogens (primary N) is 1. The lowest BCUT2D eigenvalue weighted by Crippen LogP contribution is -2.33. The van der Waals surface area contributed by atoms with Gasteiger partial charge in [0.1, 0.15) is 5.83 Å². The number of hydrogen-bond donors (Lipinski definition) is 3. The Morgan fingerprint density at radius 3 is 2.76 bits per heavy atom. The zero-order valence-corrected chi connectivity index (χ0v) is 14.7. The lowest BCUT2D eigenvalue weighted by molar-refractivity contribution is 0.480. The van der Waals surface area contributed by atoms with E-state index in [4.69, 9.17) is 5.73 Å². The molecule has 0 saturated heterocycles. The van der Waals surface area contributed by atoms with E-state index in [9.17, 15) is 9.59 Å². The molecule has 5 nitrogen and oxygen atoms in total. The van der Waals surface area contributed by atoms with E-state index < -0.39 is 17.2 Å². The molecule has 2 heterocycles. The Bertz CT molecular complexity index is 967. The van der Waals surface area contributed by atoms with Crippen molar-refractivity contribution in [1.82, 2.24) is 9.97 Å². The van der Waals surface area contributed by atoms with Crippen molar-refractivity contribution in [2.75, 3.05) is 6.54 Å². The largest absolute Gasteiger partial charge is 0.330 e. The number of aromatic amines is 2. The van der Waals surface area contributed by atoms with Gasteiger partial charge in [-0.25, -0.2) is 9.18 Å². The van der Waals surface area contributed by atoms with Crippen molar-refractivity contribution in [2.24, 2.45) is 11.7 Å². The van der Waals surface area contributed by atoms with E-state index in [1.807, 2.05) is 18.4 Å². The summed E-state index contributed by atoms with van der Waals surface area (Å²) < 4.78 is 15.5. The monoisotopic (exact) mass is 361 g/mol. The summed E-state index contributed by atoms with van der Waals surface area (Å²) in [6.45, 7) is 2.42. The van der Waals surface area contributed by atoms with E-state index in [0.717, 1.165) is 29.7 Å². The van der Waals surface area contributed by atoms with Crippen molar-refractivity contribution >= 4 is 16.9 Å². The summed E-state index contributed by atoms with van der Waals surface area (Å²) in [6, 6.07) is 2.00. The number of nitrogens with one attached hydrogen (secondary N) is 2. The third kappa shape index (κ3) is 2.71. The summed E-state index contributed by atoms with van der Waals surface area (Å²) in [5.74, 6) is -0.934. The lowest BCUT2D eigenvalue weighted by atomic mass is 9.75. The van der Waals surface area contributed by atoms with Crippen molar-refractivity contribution in [3.63, 3.8) is 0 Å². The molecule has 0 aromatic carbocycles. The number of allylic oxidation sites excluding steroid dienone is 2. The Labute approximate surface area is 147 Å². The first kappa shape index (κ1) is 16.5. The molecule has 2 aromatic heterocycles. The van der Waals surface area contributed by atoms with Crippen LogP contribution in [0.3, 0.4) is 0 Å². The van der Waals surface area contributed by atoms with Crippen molar-refractivity contribution in [2.45, 2.75) is 38.0 Å². The van der Waals surface area contributed by atoms with Gasteiger partial charge in [-0.05, 0) is 48.7 Å². The number of hydrogen-bond acceptors (Lipinski definition) is 4. The normalized spacial score (nSPS) is 23.0. The average molecular weight is 361 g/mol. The van der Waals surface area contributed by atoms with Crippen LogP contribution in [0.25, 0.3) is 5.57 Å². The molecule has 25 heavy (non-hydrogen) atoms. The van der Waals surface area contributed by atoms with E-state index in [0.29, 0.717) is 23.4 Å². The zero-order valence-electron chi connectivity index (χ0n) is 13.9. The topological polar surface area (TPSA) is 91.7 Å². The molecule has 0 aliphatic heterocycles. The molecule has 2 atom stereocenters. The first-order chi connectivity index (χ1) is 12.0. The van der Waals surface area contributed by atoms with Crippen LogP contribution in [-0.4, -0.2) is 16.5 Å². The Balaban J connectivity index is 1.90. The first-order valence-corrected chi connectivity index (χ1v) is 9.43. The summed E-state index contributed by atoms with van der Waals surface area (Å²) in [5, 5.41) is 1.96. The van der Waals surface area contributed by atoms with Crippen LogP contribution in [0.5, 0.6) is 0 Å². The van der Waals surface area contributed by atoms with Crippen LogP contribution in [0.2, 0.25) is 0 Å². The molecule has 0 spiro atoms. The van der Waals surface area contributed by atoms with Crippen molar-refractivity contribution in [3.05, 3.63) is 59.8 Å². The molecule has 2 aliphatic carbocycles. The molecule has 0 amide bonds. The van der Waals surface area contributed by atoms with E-state index in [2.05, 4.69) is 9.97 Å². The second kappa shape index (κ2) is 6.07. The van der Waals surface area contributed by atoms with Gasteiger partial charge in [0.05, 0.1) is 5.56 Å². The third-order valence-corrected chi connectivity index (χ3v) is 6.15. The number of rotatable bonds is 4. The van der Waals surface area contributed by atoms with Crippen molar-refractivity contribution in [3.8, 4) is 0 Å². The van der Waals surface area contributed by atoms with E-state index in [1.165, 1.54) is 0 Å². The minimum atomic E-state index is -0.541. The van der Waals surface area contributed by atoms with Gasteiger partial charge in [0.2, 0.25) is 0 Å². The molecule has 4 N–H and O–H groups in total. The van der Waals surface area contributed by atoms with Gasteiger partial charge in [-0.15, -0.1) is 11.3 Å². The van der Waals surface area contributed by atoms with Gasteiger partial charge < -0.3 is 10.7 Å². The fourth-order valence-electron chi connectivity index (χ4n) is 3.83. The average Bonchev–Trinajstić information content (AvgIpc) is 3.29. The molecule has 4 rings (SSSR count). The summed E-state index contributed by atoms with van der Waals surface area (Å²) >= 11 is 1.58. The first-order valence-electron chi connectivity index (χ1n) is 8.55. The van der Waals surface area contributed by atoms with Crippen LogP contribution in [0.1, 0.15) is 53.3 Å². The van der Waals surface area contributed by atoms with Gasteiger partial charge in [0.15, 0.2) is 0 Å². The fourth-order valence-corrected chi connectivity index (χ4v) is 4.77. The predicted octanol–water partition coefficient (Wildman–Crippen LogP) is 2.62. The Hall–Kier alpha value is -1.99. The number of thiophene rings is 1. The quantitative estimate of drug-likeness (QED) is 0.782. The van der Waals surface area contributed by atoms with Crippen molar-refractivity contribution in [1.29, 1.82) is 0 Å². The maximum Gasteiger partial charge on any atom is 0.325 e. The highest BCUT2D eigenvalue weighted by Crippen LogP contribution is 2.53. The molecule has 2 unspecified atom stereocenters. The molecule has 2 aliphatic rings. The molecule has 1 saturated carbocycles. The second-order valence-corrected chi connectivity index (χ2v) is 7.88. The second-order valence-electron chi connectivity index (χ2n) is 6.88. The van der Waals surface area contributed by atoms with E-state index in [-0.39, 0.29) is 17.7 Å². The summed E-state index contributed by atoms with van der Waals surface area (Å²) in [5.41, 5.74) is 6.85.